The van der Waals surface area contributed by atoms with E-state index < -0.39 is 40.9 Å². The molecule has 0 unspecified atom stereocenters. The third kappa shape index (κ3) is 3.60. The number of aromatic carboxylic acids is 1. The maximum atomic E-state index is 11.3. The van der Waals surface area contributed by atoms with E-state index in [1.165, 1.54) is 0 Å². The van der Waals surface area contributed by atoms with Gasteiger partial charge in [-0.05, 0) is 6.42 Å². The summed E-state index contributed by atoms with van der Waals surface area (Å²) in [6.07, 6.45) is 0.284. The minimum atomic E-state index is -1.41. The molecule has 0 saturated heterocycles. The summed E-state index contributed by atoms with van der Waals surface area (Å²) in [6, 6.07) is 1.87. The first-order chi connectivity index (χ1) is 9.80. The van der Waals surface area contributed by atoms with Crippen molar-refractivity contribution in [1.82, 2.24) is 0 Å². The number of carboxylic acids is 1. The Hall–Kier alpha value is -1.90. The highest BCUT2D eigenvalue weighted by atomic mass is 35.5. The van der Waals surface area contributed by atoms with Crippen LogP contribution in [0, 0.1) is 10.1 Å². The zero-order valence-electron chi connectivity index (χ0n) is 11.2. The van der Waals surface area contributed by atoms with Crippen LogP contribution in [-0.4, -0.2) is 45.0 Å². The molecule has 0 radical (unpaired) electrons. The number of carbonyl (C=O) groups is 1. The van der Waals surface area contributed by atoms with Crippen LogP contribution < -0.4 is 5.32 Å². The predicted octanol–water partition coefficient (Wildman–Crippen LogP) is 1.49. The van der Waals surface area contributed by atoms with E-state index in [1.54, 1.807) is 6.92 Å². The summed E-state index contributed by atoms with van der Waals surface area (Å²) in [5.41, 5.74) is -2.13. The molecule has 0 fully saturated rings. The van der Waals surface area contributed by atoms with Crippen LogP contribution in [0.3, 0.4) is 0 Å². The summed E-state index contributed by atoms with van der Waals surface area (Å²) >= 11 is 5.91. The highest BCUT2D eigenvalue weighted by molar-refractivity contribution is 6.34. The number of rotatable bonds is 7. The fourth-order valence-electron chi connectivity index (χ4n) is 1.70. The standard InChI is InChI=1S/C12H15ClN2O6/c1-2-12(5-16,6-17)14-10-8(11(18)19)3-7(15(20)21)4-9(10)13/h3-4,14,16-17H,2,5-6H2,1H3,(H,18,19). The van der Waals surface area contributed by atoms with E-state index in [0.29, 0.717) is 0 Å². The third-order valence-electron chi connectivity index (χ3n) is 3.19. The molecule has 21 heavy (non-hydrogen) atoms. The van der Waals surface area contributed by atoms with Crippen LogP contribution in [0.25, 0.3) is 0 Å². The molecule has 0 aromatic heterocycles. The van der Waals surface area contributed by atoms with Crippen molar-refractivity contribution in [2.45, 2.75) is 18.9 Å². The van der Waals surface area contributed by atoms with E-state index in [1.807, 2.05) is 0 Å². The molecule has 0 atom stereocenters. The van der Waals surface area contributed by atoms with Crippen LogP contribution >= 0.6 is 11.6 Å². The minimum Gasteiger partial charge on any atom is -0.478 e. The summed E-state index contributed by atoms with van der Waals surface area (Å²) in [7, 11) is 0. The van der Waals surface area contributed by atoms with Gasteiger partial charge in [0.1, 0.15) is 0 Å². The van der Waals surface area contributed by atoms with Crippen molar-refractivity contribution in [1.29, 1.82) is 0 Å². The number of nitro benzene ring substituents is 1. The molecule has 9 heteroatoms. The Balaban J connectivity index is 3.41. The second-order valence-electron chi connectivity index (χ2n) is 4.49. The maximum absolute atomic E-state index is 11.3. The van der Waals surface area contributed by atoms with Crippen LogP contribution in [0.15, 0.2) is 12.1 Å². The van der Waals surface area contributed by atoms with Gasteiger partial charge < -0.3 is 20.6 Å². The first-order valence-electron chi connectivity index (χ1n) is 6.01. The van der Waals surface area contributed by atoms with Gasteiger partial charge in [-0.1, -0.05) is 18.5 Å². The molecule has 1 rings (SSSR count). The topological polar surface area (TPSA) is 133 Å². The second kappa shape index (κ2) is 6.70. The van der Waals surface area contributed by atoms with Crippen LogP contribution in [0.4, 0.5) is 11.4 Å². The van der Waals surface area contributed by atoms with Gasteiger partial charge in [0.05, 0.1) is 39.9 Å². The Labute approximate surface area is 125 Å². The zero-order valence-corrected chi connectivity index (χ0v) is 11.9. The van der Waals surface area contributed by atoms with Crippen molar-refractivity contribution in [2.24, 2.45) is 0 Å². The van der Waals surface area contributed by atoms with Gasteiger partial charge >= 0.3 is 5.97 Å². The van der Waals surface area contributed by atoms with Crippen molar-refractivity contribution in [3.8, 4) is 0 Å². The Kier molecular flexibility index (Phi) is 5.47. The summed E-state index contributed by atoms with van der Waals surface area (Å²) in [6.45, 7) is 0.748. The molecular formula is C12H15ClN2O6. The summed E-state index contributed by atoms with van der Waals surface area (Å²) < 4.78 is 0. The van der Waals surface area contributed by atoms with Crippen molar-refractivity contribution in [3.63, 3.8) is 0 Å². The Morgan fingerprint density at radius 2 is 2.00 bits per heavy atom. The van der Waals surface area contributed by atoms with Gasteiger partial charge in [0.2, 0.25) is 0 Å². The second-order valence-corrected chi connectivity index (χ2v) is 4.89. The Morgan fingerprint density at radius 3 is 2.38 bits per heavy atom. The molecule has 0 spiro atoms. The first kappa shape index (κ1) is 17.2. The lowest BCUT2D eigenvalue weighted by Gasteiger charge is -2.31. The van der Waals surface area contributed by atoms with Crippen LogP contribution in [-0.2, 0) is 0 Å². The highest BCUT2D eigenvalue weighted by Crippen LogP contribution is 2.34. The lowest BCUT2D eigenvalue weighted by atomic mass is 9.97. The normalized spacial score (nSPS) is 11.2. The average Bonchev–Trinajstić information content (AvgIpc) is 2.45. The van der Waals surface area contributed by atoms with E-state index in [0.717, 1.165) is 12.1 Å². The summed E-state index contributed by atoms with van der Waals surface area (Å²) in [5.74, 6) is -1.41. The lowest BCUT2D eigenvalue weighted by Crippen LogP contribution is -2.45. The van der Waals surface area contributed by atoms with Crippen molar-refractivity contribution in [3.05, 3.63) is 32.8 Å². The summed E-state index contributed by atoms with van der Waals surface area (Å²) in [4.78, 5) is 21.2. The molecule has 0 aliphatic carbocycles. The average molecular weight is 319 g/mol. The SMILES string of the molecule is CCC(CO)(CO)Nc1c(Cl)cc([N+](=O)[O-])cc1C(=O)O. The lowest BCUT2D eigenvalue weighted by molar-refractivity contribution is -0.384. The number of aliphatic hydroxyl groups is 2. The zero-order chi connectivity index (χ0) is 16.2. The van der Waals surface area contributed by atoms with Gasteiger partial charge in [-0.15, -0.1) is 0 Å². The number of halogens is 1. The van der Waals surface area contributed by atoms with Gasteiger partial charge in [0, 0.05) is 12.1 Å². The highest BCUT2D eigenvalue weighted by Gasteiger charge is 2.30. The van der Waals surface area contributed by atoms with Crippen LogP contribution in [0.2, 0.25) is 5.02 Å². The number of anilines is 1. The number of nitrogens with zero attached hydrogens (tertiary/aromatic N) is 1. The molecule has 0 amide bonds. The number of carboxylic acid groups (broad SMARTS) is 1. The fourth-order valence-corrected chi connectivity index (χ4v) is 1.96. The Bertz CT molecular complexity index is 551. The minimum absolute atomic E-state index is 0.0836. The number of hydrogen-bond donors (Lipinski definition) is 4. The predicted molar refractivity (Wildman–Crippen MR) is 75.9 cm³/mol. The number of benzene rings is 1. The number of non-ortho nitro benzene ring substituents is 1. The number of nitrogens with one attached hydrogen (secondary N) is 1. The summed E-state index contributed by atoms with van der Waals surface area (Å²) in [5, 5.41) is 41.2. The first-order valence-corrected chi connectivity index (χ1v) is 6.39. The molecule has 0 heterocycles. The molecule has 1 aromatic rings. The molecule has 0 aliphatic rings. The van der Waals surface area contributed by atoms with Crippen molar-refractivity contribution >= 4 is 28.9 Å². The number of nitro groups is 1. The maximum Gasteiger partial charge on any atom is 0.338 e. The van der Waals surface area contributed by atoms with Crippen LogP contribution in [0.1, 0.15) is 23.7 Å². The largest absolute Gasteiger partial charge is 0.478 e. The van der Waals surface area contributed by atoms with E-state index in [9.17, 15) is 25.1 Å². The molecule has 0 aliphatic heterocycles. The smallest absolute Gasteiger partial charge is 0.338 e. The molecule has 4 N–H and O–H groups in total. The third-order valence-corrected chi connectivity index (χ3v) is 3.49. The monoisotopic (exact) mass is 318 g/mol. The van der Waals surface area contributed by atoms with E-state index in [2.05, 4.69) is 5.32 Å². The van der Waals surface area contributed by atoms with E-state index >= 15 is 0 Å². The Morgan fingerprint density at radius 1 is 1.43 bits per heavy atom. The van der Waals surface area contributed by atoms with Crippen molar-refractivity contribution in [2.75, 3.05) is 18.5 Å². The molecule has 8 nitrogen and oxygen atoms in total. The molecule has 1 aromatic carbocycles. The van der Waals surface area contributed by atoms with E-state index in [-0.39, 0.29) is 17.1 Å². The van der Waals surface area contributed by atoms with Crippen LogP contribution in [0.5, 0.6) is 0 Å². The van der Waals surface area contributed by atoms with Gasteiger partial charge in [0.15, 0.2) is 0 Å². The van der Waals surface area contributed by atoms with Gasteiger partial charge in [-0.3, -0.25) is 10.1 Å². The molecule has 0 saturated carbocycles. The fraction of sp³-hybridized carbons (Fsp3) is 0.417. The van der Waals surface area contributed by atoms with Gasteiger partial charge in [-0.25, -0.2) is 4.79 Å². The quantitative estimate of drug-likeness (QED) is 0.442. The molecular weight excluding hydrogens is 304 g/mol. The number of aliphatic hydroxyl groups excluding tert-OH is 2. The van der Waals surface area contributed by atoms with Gasteiger partial charge in [0.25, 0.3) is 5.69 Å². The molecule has 0 bridgehead atoms. The van der Waals surface area contributed by atoms with Crippen molar-refractivity contribution < 1.29 is 25.0 Å². The van der Waals surface area contributed by atoms with E-state index in [4.69, 9.17) is 16.7 Å². The number of hydrogen-bond acceptors (Lipinski definition) is 6. The molecule has 116 valence electrons. The van der Waals surface area contributed by atoms with Gasteiger partial charge in [-0.2, -0.15) is 0 Å².